The van der Waals surface area contributed by atoms with Crippen LogP contribution in [0.15, 0.2) is 41.7 Å². The molecular weight excluding hydrogens is 390 g/mol. The predicted octanol–water partition coefficient (Wildman–Crippen LogP) is 1.83. The Hall–Kier alpha value is -2.90. The van der Waals surface area contributed by atoms with Crippen molar-refractivity contribution in [2.45, 2.75) is 39.2 Å². The van der Waals surface area contributed by atoms with E-state index in [0.717, 1.165) is 57.1 Å². The van der Waals surface area contributed by atoms with Crippen LogP contribution in [-0.2, 0) is 24.2 Å². The van der Waals surface area contributed by atoms with Crippen LogP contribution in [0.4, 0.5) is 0 Å². The van der Waals surface area contributed by atoms with Gasteiger partial charge >= 0.3 is 0 Å². The van der Waals surface area contributed by atoms with Gasteiger partial charge in [-0.1, -0.05) is 37.3 Å². The monoisotopic (exact) mass is 425 g/mol. The lowest BCUT2D eigenvalue weighted by Gasteiger charge is -2.34. The van der Waals surface area contributed by atoms with Crippen molar-refractivity contribution >= 4 is 11.9 Å². The number of piperidine rings is 1. The summed E-state index contributed by atoms with van der Waals surface area (Å²) >= 11 is 0. The zero-order chi connectivity index (χ0) is 22.1. The van der Waals surface area contributed by atoms with Crippen LogP contribution >= 0.6 is 0 Å². The minimum atomic E-state index is 0.00495. The van der Waals surface area contributed by atoms with E-state index in [0.29, 0.717) is 12.5 Å². The molecule has 2 aromatic rings. The lowest BCUT2D eigenvalue weighted by atomic mass is 9.90. The van der Waals surface area contributed by atoms with Crippen LogP contribution in [-0.4, -0.2) is 76.7 Å². The Morgan fingerprint density at radius 2 is 1.97 bits per heavy atom. The van der Waals surface area contributed by atoms with Crippen LogP contribution in [0.5, 0.6) is 0 Å². The van der Waals surface area contributed by atoms with Crippen molar-refractivity contribution in [3.8, 4) is 0 Å². The first-order valence-corrected chi connectivity index (χ1v) is 11.2. The zero-order valence-corrected chi connectivity index (χ0v) is 19.0. The number of carbonyl (C=O) groups excluding carboxylic acids is 1. The molecule has 1 aliphatic heterocycles. The second-order valence-electron chi connectivity index (χ2n) is 8.27. The Morgan fingerprint density at radius 1 is 1.23 bits per heavy atom. The van der Waals surface area contributed by atoms with E-state index >= 15 is 0 Å². The van der Waals surface area contributed by atoms with Gasteiger partial charge < -0.3 is 19.7 Å². The van der Waals surface area contributed by atoms with Gasteiger partial charge in [0.15, 0.2) is 5.96 Å². The highest BCUT2D eigenvalue weighted by molar-refractivity contribution is 5.84. The summed E-state index contributed by atoms with van der Waals surface area (Å²) in [6.45, 7) is 5.61. The van der Waals surface area contributed by atoms with Gasteiger partial charge in [0.05, 0.1) is 0 Å². The number of rotatable bonds is 8. The van der Waals surface area contributed by atoms with Crippen molar-refractivity contribution in [1.29, 1.82) is 0 Å². The first-order valence-electron chi connectivity index (χ1n) is 11.2. The van der Waals surface area contributed by atoms with Gasteiger partial charge in [-0.15, -0.1) is 10.2 Å². The first-order chi connectivity index (χ1) is 15.1. The Labute approximate surface area is 185 Å². The van der Waals surface area contributed by atoms with E-state index in [-0.39, 0.29) is 12.5 Å². The summed E-state index contributed by atoms with van der Waals surface area (Å²) in [5.74, 6) is 2.49. The molecule has 1 aliphatic rings. The highest BCUT2D eigenvalue weighted by Gasteiger charge is 2.22. The molecule has 0 atom stereocenters. The maximum absolute atomic E-state index is 12.1. The molecule has 8 heteroatoms. The number of hydrogen-bond acceptors (Lipinski definition) is 4. The average molecular weight is 426 g/mol. The Kier molecular flexibility index (Phi) is 8.44. The second kappa shape index (κ2) is 11.5. The average Bonchev–Trinajstić information content (AvgIpc) is 3.24. The van der Waals surface area contributed by atoms with Crippen molar-refractivity contribution in [1.82, 2.24) is 29.9 Å². The van der Waals surface area contributed by atoms with Crippen molar-refractivity contribution < 1.29 is 4.79 Å². The normalized spacial score (nSPS) is 15.2. The molecular formula is C23H35N7O. The lowest BCUT2D eigenvalue weighted by molar-refractivity contribution is -0.127. The van der Waals surface area contributed by atoms with E-state index in [1.807, 2.05) is 0 Å². The van der Waals surface area contributed by atoms with Gasteiger partial charge in [0.1, 0.15) is 18.7 Å². The molecule has 2 heterocycles. The number of aromatic nitrogens is 3. The maximum atomic E-state index is 12.1. The van der Waals surface area contributed by atoms with Crippen molar-refractivity contribution in [2.75, 3.05) is 40.3 Å². The standard InChI is InChI=1S/C23H35N7O/c1-4-21-27-26-18-30(21)15-12-24-23(25-17-22(31)28(2)3)29-13-10-20(11-14-29)16-19-8-6-5-7-9-19/h5-9,18,20H,4,10-17H2,1-3H3,(H,24,25). The SMILES string of the molecule is CCc1nncn1CCNC(=NCC(=O)N(C)C)N1CCC(Cc2ccccc2)CC1. The number of aryl methyl sites for hydroxylation is 1. The third-order valence-corrected chi connectivity index (χ3v) is 5.79. The number of amides is 1. The zero-order valence-electron chi connectivity index (χ0n) is 19.0. The highest BCUT2D eigenvalue weighted by atomic mass is 16.2. The van der Waals surface area contributed by atoms with Crippen LogP contribution in [0.2, 0.25) is 0 Å². The van der Waals surface area contributed by atoms with E-state index in [9.17, 15) is 4.79 Å². The largest absolute Gasteiger partial charge is 0.354 e. The Balaban J connectivity index is 1.57. The van der Waals surface area contributed by atoms with Crippen molar-refractivity contribution in [3.63, 3.8) is 0 Å². The fourth-order valence-electron chi connectivity index (χ4n) is 3.88. The number of aliphatic imine (C=N–C) groups is 1. The van der Waals surface area contributed by atoms with Gasteiger partial charge in [-0.2, -0.15) is 0 Å². The van der Waals surface area contributed by atoms with E-state index in [4.69, 9.17) is 0 Å². The summed E-state index contributed by atoms with van der Waals surface area (Å²) in [5, 5.41) is 11.6. The number of likely N-dealkylation sites (N-methyl/N-ethyl adjacent to an activating group) is 1. The minimum absolute atomic E-state index is 0.00495. The molecule has 0 unspecified atom stereocenters. The predicted molar refractivity (Wildman–Crippen MR) is 123 cm³/mol. The Morgan fingerprint density at radius 3 is 2.65 bits per heavy atom. The lowest BCUT2D eigenvalue weighted by Crippen LogP contribution is -2.47. The van der Waals surface area contributed by atoms with Gasteiger partial charge in [0.2, 0.25) is 5.91 Å². The molecule has 1 aromatic heterocycles. The smallest absolute Gasteiger partial charge is 0.243 e. The molecule has 0 radical (unpaired) electrons. The first kappa shape index (κ1) is 22.8. The molecule has 31 heavy (non-hydrogen) atoms. The molecule has 1 N–H and O–H groups in total. The van der Waals surface area contributed by atoms with Gasteiger partial charge in [-0.3, -0.25) is 4.79 Å². The molecule has 0 spiro atoms. The second-order valence-corrected chi connectivity index (χ2v) is 8.27. The summed E-state index contributed by atoms with van der Waals surface area (Å²) in [7, 11) is 3.52. The van der Waals surface area contributed by atoms with Crippen molar-refractivity contribution in [3.05, 3.63) is 48.0 Å². The quantitative estimate of drug-likeness (QED) is 0.516. The van der Waals surface area contributed by atoms with Crippen LogP contribution in [0.3, 0.4) is 0 Å². The number of hydrogen-bond donors (Lipinski definition) is 1. The molecule has 1 amide bonds. The summed E-state index contributed by atoms with van der Waals surface area (Å²) in [6, 6.07) is 10.7. The minimum Gasteiger partial charge on any atom is -0.354 e. The Bertz CT molecular complexity index is 839. The molecule has 1 saturated heterocycles. The van der Waals surface area contributed by atoms with Gasteiger partial charge in [0.25, 0.3) is 0 Å². The highest BCUT2D eigenvalue weighted by Crippen LogP contribution is 2.21. The molecule has 8 nitrogen and oxygen atoms in total. The van der Waals surface area contributed by atoms with Crippen molar-refractivity contribution in [2.24, 2.45) is 10.9 Å². The van der Waals surface area contributed by atoms with Crippen LogP contribution in [0.1, 0.15) is 31.2 Å². The summed E-state index contributed by atoms with van der Waals surface area (Å²) in [5.41, 5.74) is 1.41. The van der Waals surface area contributed by atoms with E-state index in [1.165, 1.54) is 5.56 Å². The van der Waals surface area contributed by atoms with E-state index in [2.05, 4.69) is 67.2 Å². The molecule has 168 valence electrons. The topological polar surface area (TPSA) is 78.6 Å². The number of likely N-dealkylation sites (tertiary alicyclic amines) is 1. The maximum Gasteiger partial charge on any atom is 0.243 e. The number of carbonyl (C=O) groups is 1. The summed E-state index contributed by atoms with van der Waals surface area (Å²) < 4.78 is 2.06. The van der Waals surface area contributed by atoms with Gasteiger partial charge in [-0.05, 0) is 30.7 Å². The fourth-order valence-corrected chi connectivity index (χ4v) is 3.88. The van der Waals surface area contributed by atoms with Gasteiger partial charge in [0, 0.05) is 46.7 Å². The number of guanidine groups is 1. The van der Waals surface area contributed by atoms with Crippen LogP contribution < -0.4 is 5.32 Å². The van der Waals surface area contributed by atoms with Crippen LogP contribution in [0.25, 0.3) is 0 Å². The van der Waals surface area contributed by atoms with E-state index < -0.39 is 0 Å². The third kappa shape index (κ3) is 6.80. The van der Waals surface area contributed by atoms with E-state index in [1.54, 1.807) is 25.3 Å². The fraction of sp³-hybridized carbons (Fsp3) is 0.565. The molecule has 3 rings (SSSR count). The summed E-state index contributed by atoms with van der Waals surface area (Å²) in [6.07, 6.45) is 6.00. The molecule has 0 aliphatic carbocycles. The third-order valence-electron chi connectivity index (χ3n) is 5.79. The molecule has 0 bridgehead atoms. The molecule has 1 aromatic carbocycles. The number of benzene rings is 1. The van der Waals surface area contributed by atoms with Gasteiger partial charge in [-0.25, -0.2) is 4.99 Å². The number of nitrogens with one attached hydrogen (secondary N) is 1. The molecule has 0 saturated carbocycles. The molecule has 1 fully saturated rings. The summed E-state index contributed by atoms with van der Waals surface area (Å²) in [4.78, 5) is 20.6. The van der Waals surface area contributed by atoms with Crippen LogP contribution in [0, 0.1) is 5.92 Å². The number of nitrogens with zero attached hydrogens (tertiary/aromatic N) is 6.